The van der Waals surface area contributed by atoms with Crippen LogP contribution in [0.5, 0.6) is 11.5 Å². The van der Waals surface area contributed by atoms with Crippen LogP contribution in [0.25, 0.3) is 10.9 Å². The van der Waals surface area contributed by atoms with Crippen molar-refractivity contribution in [3.05, 3.63) is 30.0 Å². The first-order valence-corrected chi connectivity index (χ1v) is 4.90. The lowest BCUT2D eigenvalue weighted by Crippen LogP contribution is -1.94. The number of methoxy groups -OCH3 is 2. The highest BCUT2D eigenvalue weighted by molar-refractivity contribution is 5.85. The summed E-state index contributed by atoms with van der Waals surface area (Å²) in [4.78, 5) is 4.23. The van der Waals surface area contributed by atoms with Gasteiger partial charge in [-0.2, -0.15) is 0 Å². The highest BCUT2D eigenvalue weighted by Crippen LogP contribution is 2.32. The van der Waals surface area contributed by atoms with Gasteiger partial charge in [-0.1, -0.05) is 0 Å². The summed E-state index contributed by atoms with van der Waals surface area (Å²) in [6.07, 6.45) is 1.67. The van der Waals surface area contributed by atoms with Crippen LogP contribution in [0.3, 0.4) is 0 Å². The van der Waals surface area contributed by atoms with E-state index in [4.69, 9.17) is 9.47 Å². The molecule has 0 atom stereocenters. The largest absolute Gasteiger partial charge is 0.493 e. The Hall–Kier alpha value is -1.81. The minimum Gasteiger partial charge on any atom is -0.493 e. The van der Waals surface area contributed by atoms with Crippen molar-refractivity contribution in [2.24, 2.45) is 0 Å². The Morgan fingerprint density at radius 3 is 2.50 bits per heavy atom. The number of rotatable bonds is 3. The number of pyridine rings is 1. The van der Waals surface area contributed by atoms with Crippen LogP contribution in [0, 0.1) is 0 Å². The highest BCUT2D eigenvalue weighted by atomic mass is 16.5. The third-order valence-electron chi connectivity index (χ3n) is 2.51. The van der Waals surface area contributed by atoms with Crippen molar-refractivity contribution in [3.8, 4) is 11.5 Å². The zero-order valence-corrected chi connectivity index (χ0v) is 9.23. The maximum Gasteiger partial charge on any atom is 0.162 e. The van der Waals surface area contributed by atoms with Gasteiger partial charge < -0.3 is 14.6 Å². The first-order valence-electron chi connectivity index (χ1n) is 4.90. The van der Waals surface area contributed by atoms with Crippen molar-refractivity contribution in [1.29, 1.82) is 0 Å². The number of aromatic nitrogens is 1. The predicted octanol–water partition coefficient (Wildman–Crippen LogP) is 1.74. The van der Waals surface area contributed by atoms with Gasteiger partial charge in [0.1, 0.15) is 0 Å². The number of benzene rings is 1. The minimum atomic E-state index is -0.0193. The molecule has 0 aliphatic carbocycles. The molecule has 0 saturated heterocycles. The van der Waals surface area contributed by atoms with E-state index >= 15 is 0 Å². The average molecular weight is 219 g/mol. The third kappa shape index (κ3) is 1.67. The van der Waals surface area contributed by atoms with E-state index in [2.05, 4.69) is 4.98 Å². The van der Waals surface area contributed by atoms with E-state index in [9.17, 15) is 5.11 Å². The van der Waals surface area contributed by atoms with Gasteiger partial charge in [0.2, 0.25) is 0 Å². The molecule has 1 aromatic carbocycles. The van der Waals surface area contributed by atoms with Crippen LogP contribution in [0.15, 0.2) is 24.4 Å². The van der Waals surface area contributed by atoms with Gasteiger partial charge in [-0.3, -0.25) is 4.98 Å². The normalized spacial score (nSPS) is 10.4. The molecule has 1 aromatic heterocycles. The fourth-order valence-corrected chi connectivity index (χ4v) is 1.67. The second kappa shape index (κ2) is 4.37. The van der Waals surface area contributed by atoms with Gasteiger partial charge in [-0.15, -0.1) is 0 Å². The molecule has 0 unspecified atom stereocenters. The summed E-state index contributed by atoms with van der Waals surface area (Å²) >= 11 is 0. The average Bonchev–Trinajstić information content (AvgIpc) is 2.36. The molecule has 84 valence electrons. The van der Waals surface area contributed by atoms with E-state index in [0.29, 0.717) is 11.5 Å². The second-order valence-corrected chi connectivity index (χ2v) is 3.35. The van der Waals surface area contributed by atoms with Crippen molar-refractivity contribution in [2.45, 2.75) is 6.61 Å². The van der Waals surface area contributed by atoms with Gasteiger partial charge in [-0.25, -0.2) is 0 Å². The SMILES string of the molecule is COc1cc2nccc(CO)c2cc1OC. The Bertz CT molecular complexity index is 511. The predicted molar refractivity (Wildman–Crippen MR) is 60.8 cm³/mol. The Labute approximate surface area is 93.4 Å². The zero-order valence-electron chi connectivity index (χ0n) is 9.23. The van der Waals surface area contributed by atoms with Crippen LogP contribution in [0.4, 0.5) is 0 Å². The molecule has 0 aliphatic heterocycles. The quantitative estimate of drug-likeness (QED) is 0.854. The van der Waals surface area contributed by atoms with E-state index in [-0.39, 0.29) is 6.61 Å². The molecule has 1 N–H and O–H groups in total. The number of hydrogen-bond acceptors (Lipinski definition) is 4. The van der Waals surface area contributed by atoms with Gasteiger partial charge in [0, 0.05) is 17.6 Å². The molecule has 16 heavy (non-hydrogen) atoms. The number of aliphatic hydroxyl groups is 1. The number of aliphatic hydroxyl groups excluding tert-OH is 1. The summed E-state index contributed by atoms with van der Waals surface area (Å²) < 4.78 is 10.4. The Balaban J connectivity index is 2.72. The Morgan fingerprint density at radius 1 is 1.19 bits per heavy atom. The van der Waals surface area contributed by atoms with Crippen LogP contribution >= 0.6 is 0 Å². The van der Waals surface area contributed by atoms with E-state index < -0.39 is 0 Å². The molecule has 2 aromatic rings. The fraction of sp³-hybridized carbons (Fsp3) is 0.250. The summed E-state index contributed by atoms with van der Waals surface area (Å²) in [7, 11) is 3.16. The zero-order chi connectivity index (χ0) is 11.5. The molecule has 1 heterocycles. The Morgan fingerprint density at radius 2 is 1.88 bits per heavy atom. The lowest BCUT2D eigenvalue weighted by atomic mass is 10.1. The van der Waals surface area contributed by atoms with E-state index in [1.54, 1.807) is 32.5 Å². The number of ether oxygens (including phenoxy) is 2. The van der Waals surface area contributed by atoms with Crippen LogP contribution in [0.1, 0.15) is 5.56 Å². The van der Waals surface area contributed by atoms with Crippen molar-refractivity contribution in [1.82, 2.24) is 4.98 Å². The molecule has 2 rings (SSSR count). The fourth-order valence-electron chi connectivity index (χ4n) is 1.67. The highest BCUT2D eigenvalue weighted by Gasteiger charge is 2.08. The molecule has 4 heteroatoms. The van der Waals surface area contributed by atoms with Gasteiger partial charge in [0.15, 0.2) is 11.5 Å². The van der Waals surface area contributed by atoms with E-state index in [1.165, 1.54) is 0 Å². The topological polar surface area (TPSA) is 51.6 Å². The lowest BCUT2D eigenvalue weighted by Gasteiger charge is -2.10. The molecular formula is C12H13NO3. The molecule has 0 saturated carbocycles. The van der Waals surface area contributed by atoms with Crippen molar-refractivity contribution >= 4 is 10.9 Å². The summed E-state index contributed by atoms with van der Waals surface area (Å²) in [5.41, 5.74) is 1.61. The number of hydrogen-bond donors (Lipinski definition) is 1. The summed E-state index contributed by atoms with van der Waals surface area (Å²) in [5, 5.41) is 10.1. The molecular weight excluding hydrogens is 206 g/mol. The first-order chi connectivity index (χ1) is 7.80. The van der Waals surface area contributed by atoms with Gasteiger partial charge in [0.25, 0.3) is 0 Å². The van der Waals surface area contributed by atoms with Crippen LogP contribution in [0.2, 0.25) is 0 Å². The second-order valence-electron chi connectivity index (χ2n) is 3.35. The van der Waals surface area contributed by atoms with Gasteiger partial charge in [0.05, 0.1) is 26.3 Å². The molecule has 0 fully saturated rings. The van der Waals surface area contributed by atoms with Crippen molar-refractivity contribution < 1.29 is 14.6 Å². The van der Waals surface area contributed by atoms with Crippen LogP contribution < -0.4 is 9.47 Å². The van der Waals surface area contributed by atoms with Crippen molar-refractivity contribution in [2.75, 3.05) is 14.2 Å². The molecule has 0 radical (unpaired) electrons. The van der Waals surface area contributed by atoms with Crippen molar-refractivity contribution in [3.63, 3.8) is 0 Å². The smallest absolute Gasteiger partial charge is 0.162 e. The summed E-state index contributed by atoms with van der Waals surface area (Å²) in [6.45, 7) is -0.0193. The standard InChI is InChI=1S/C12H13NO3/c1-15-11-5-9-8(7-14)3-4-13-10(9)6-12(11)16-2/h3-6,14H,7H2,1-2H3. The maximum absolute atomic E-state index is 9.23. The maximum atomic E-state index is 9.23. The van der Waals surface area contributed by atoms with Crippen LogP contribution in [-0.2, 0) is 6.61 Å². The Kier molecular flexibility index (Phi) is 2.92. The molecule has 0 amide bonds. The molecule has 4 nitrogen and oxygen atoms in total. The number of nitrogens with zero attached hydrogens (tertiary/aromatic N) is 1. The number of fused-ring (bicyclic) bond motifs is 1. The monoisotopic (exact) mass is 219 g/mol. The van der Waals surface area contributed by atoms with Gasteiger partial charge >= 0.3 is 0 Å². The molecule has 0 spiro atoms. The first kappa shape index (κ1) is 10.7. The summed E-state index contributed by atoms with van der Waals surface area (Å²) in [6, 6.07) is 5.41. The lowest BCUT2D eigenvalue weighted by molar-refractivity contribution is 0.283. The van der Waals surface area contributed by atoms with E-state index in [0.717, 1.165) is 16.5 Å². The minimum absolute atomic E-state index is 0.0193. The molecule has 0 bridgehead atoms. The van der Waals surface area contributed by atoms with Gasteiger partial charge in [-0.05, 0) is 17.7 Å². The molecule has 0 aliphatic rings. The van der Waals surface area contributed by atoms with Crippen LogP contribution in [-0.4, -0.2) is 24.3 Å². The van der Waals surface area contributed by atoms with E-state index in [1.807, 2.05) is 6.07 Å². The third-order valence-corrected chi connectivity index (χ3v) is 2.51. The summed E-state index contributed by atoms with van der Waals surface area (Å²) in [5.74, 6) is 1.27.